The maximum Gasteiger partial charge on any atom is 0.0484 e. The van der Waals surface area contributed by atoms with Crippen molar-refractivity contribution in [2.45, 2.75) is 57.5 Å². The second-order valence-corrected chi connectivity index (χ2v) is 6.30. The van der Waals surface area contributed by atoms with Crippen LogP contribution >= 0.6 is 11.6 Å². The maximum atomic E-state index is 6.17. The lowest BCUT2D eigenvalue weighted by molar-refractivity contribution is 0.380. The van der Waals surface area contributed by atoms with Gasteiger partial charge in [0.05, 0.1) is 0 Å². The second-order valence-electron chi connectivity index (χ2n) is 5.65. The highest BCUT2D eigenvalue weighted by atomic mass is 35.5. The molecule has 1 unspecified atom stereocenters. The largest absolute Gasteiger partial charge is 0.306 e. The third-order valence-electron chi connectivity index (χ3n) is 3.91. The lowest BCUT2D eigenvalue weighted by atomic mass is 10.00. The number of nitrogens with one attached hydrogen (secondary N) is 1. The van der Waals surface area contributed by atoms with Gasteiger partial charge in [0.2, 0.25) is 0 Å². The Labute approximate surface area is 110 Å². The summed E-state index contributed by atoms with van der Waals surface area (Å²) in [6.07, 6.45) is 3.82. The van der Waals surface area contributed by atoms with Gasteiger partial charge < -0.3 is 5.32 Å². The summed E-state index contributed by atoms with van der Waals surface area (Å²) in [5.41, 5.74) is 4.43. The summed E-state index contributed by atoms with van der Waals surface area (Å²) < 4.78 is 0. The van der Waals surface area contributed by atoms with E-state index in [-0.39, 0.29) is 10.9 Å². The highest BCUT2D eigenvalue weighted by Crippen LogP contribution is 2.23. The van der Waals surface area contributed by atoms with Crippen LogP contribution in [0, 0.1) is 0 Å². The molecule has 0 bridgehead atoms. The zero-order valence-corrected chi connectivity index (χ0v) is 11.8. The van der Waals surface area contributed by atoms with E-state index < -0.39 is 0 Å². The molecule has 0 saturated heterocycles. The molecule has 1 aliphatic rings. The predicted octanol–water partition coefficient (Wildman–Crippen LogP) is 3.67. The zero-order chi connectivity index (χ0) is 12.5. The molecule has 0 saturated carbocycles. The van der Waals surface area contributed by atoms with E-state index in [1.807, 2.05) is 6.92 Å². The molecule has 0 spiro atoms. The zero-order valence-electron chi connectivity index (χ0n) is 11.0. The molecule has 17 heavy (non-hydrogen) atoms. The molecule has 1 aromatic rings. The SMILES string of the molecule is CC(Cl)C(C)(C)NCc1ccc2c(c1)CCC2. The molecule has 94 valence electrons. The van der Waals surface area contributed by atoms with E-state index in [4.69, 9.17) is 11.6 Å². The molecule has 0 fully saturated rings. The van der Waals surface area contributed by atoms with Crippen molar-refractivity contribution in [1.82, 2.24) is 5.32 Å². The average Bonchev–Trinajstić information content (AvgIpc) is 2.73. The molecule has 0 heterocycles. The minimum Gasteiger partial charge on any atom is -0.306 e. The molecular weight excluding hydrogens is 230 g/mol. The van der Waals surface area contributed by atoms with Crippen LogP contribution in [0.25, 0.3) is 0 Å². The maximum absolute atomic E-state index is 6.17. The Bertz CT molecular complexity index is 396. The van der Waals surface area contributed by atoms with Crippen LogP contribution < -0.4 is 5.32 Å². The molecule has 1 atom stereocenters. The van der Waals surface area contributed by atoms with E-state index in [0.29, 0.717) is 0 Å². The van der Waals surface area contributed by atoms with Crippen LogP contribution in [0.5, 0.6) is 0 Å². The molecule has 2 heteroatoms. The van der Waals surface area contributed by atoms with Gasteiger partial charge >= 0.3 is 0 Å². The van der Waals surface area contributed by atoms with Crippen molar-refractivity contribution in [3.05, 3.63) is 34.9 Å². The van der Waals surface area contributed by atoms with Crippen molar-refractivity contribution in [3.8, 4) is 0 Å². The first kappa shape index (κ1) is 12.9. The lowest BCUT2D eigenvalue weighted by Gasteiger charge is -2.29. The van der Waals surface area contributed by atoms with Gasteiger partial charge in [0.1, 0.15) is 0 Å². The summed E-state index contributed by atoms with van der Waals surface area (Å²) in [6, 6.07) is 6.88. The molecule has 1 aromatic carbocycles. The number of rotatable bonds is 4. The van der Waals surface area contributed by atoms with Crippen molar-refractivity contribution < 1.29 is 0 Å². The Morgan fingerprint density at radius 3 is 2.71 bits per heavy atom. The van der Waals surface area contributed by atoms with E-state index in [2.05, 4.69) is 37.4 Å². The van der Waals surface area contributed by atoms with E-state index in [9.17, 15) is 0 Å². The topological polar surface area (TPSA) is 12.0 Å². The van der Waals surface area contributed by atoms with Gasteiger partial charge in [-0.05, 0) is 56.7 Å². The van der Waals surface area contributed by atoms with Crippen LogP contribution in [-0.4, -0.2) is 10.9 Å². The molecule has 1 aliphatic carbocycles. The van der Waals surface area contributed by atoms with Gasteiger partial charge in [-0.15, -0.1) is 11.6 Å². The van der Waals surface area contributed by atoms with Crippen molar-refractivity contribution in [1.29, 1.82) is 0 Å². The highest BCUT2D eigenvalue weighted by molar-refractivity contribution is 6.21. The smallest absolute Gasteiger partial charge is 0.0484 e. The fraction of sp³-hybridized carbons (Fsp3) is 0.600. The average molecular weight is 252 g/mol. The Balaban J connectivity index is 2.00. The van der Waals surface area contributed by atoms with Crippen LogP contribution in [0.15, 0.2) is 18.2 Å². The minimum atomic E-state index is -0.0272. The number of aryl methyl sites for hydroxylation is 2. The normalized spacial score (nSPS) is 16.9. The summed E-state index contributed by atoms with van der Waals surface area (Å²) >= 11 is 6.17. The quantitative estimate of drug-likeness (QED) is 0.806. The first-order valence-corrected chi connectivity index (χ1v) is 6.92. The van der Waals surface area contributed by atoms with Crippen molar-refractivity contribution in [3.63, 3.8) is 0 Å². The molecular formula is C15H22ClN. The summed E-state index contributed by atoms with van der Waals surface area (Å²) in [4.78, 5) is 0. The van der Waals surface area contributed by atoms with Crippen molar-refractivity contribution in [2.24, 2.45) is 0 Å². The van der Waals surface area contributed by atoms with E-state index in [0.717, 1.165) is 6.54 Å². The van der Waals surface area contributed by atoms with Gasteiger partial charge in [0.25, 0.3) is 0 Å². The first-order valence-electron chi connectivity index (χ1n) is 6.49. The van der Waals surface area contributed by atoms with Crippen LogP contribution in [-0.2, 0) is 19.4 Å². The van der Waals surface area contributed by atoms with Gasteiger partial charge in [0, 0.05) is 17.5 Å². The number of alkyl halides is 1. The van der Waals surface area contributed by atoms with E-state index >= 15 is 0 Å². The molecule has 1 nitrogen and oxygen atoms in total. The Hall–Kier alpha value is -0.530. The summed E-state index contributed by atoms with van der Waals surface area (Å²) in [6.45, 7) is 7.24. The van der Waals surface area contributed by atoms with E-state index in [1.165, 1.54) is 24.8 Å². The predicted molar refractivity (Wildman–Crippen MR) is 74.7 cm³/mol. The summed E-state index contributed by atoms with van der Waals surface area (Å²) in [7, 11) is 0. The number of fused-ring (bicyclic) bond motifs is 1. The summed E-state index contributed by atoms with van der Waals surface area (Å²) in [5, 5.41) is 3.66. The Morgan fingerprint density at radius 2 is 2.00 bits per heavy atom. The monoisotopic (exact) mass is 251 g/mol. The van der Waals surface area contributed by atoms with E-state index in [1.54, 1.807) is 11.1 Å². The van der Waals surface area contributed by atoms with Gasteiger partial charge in [0.15, 0.2) is 0 Å². The summed E-state index contributed by atoms with van der Waals surface area (Å²) in [5.74, 6) is 0. The number of hydrogen-bond acceptors (Lipinski definition) is 1. The van der Waals surface area contributed by atoms with Gasteiger partial charge in [-0.2, -0.15) is 0 Å². The third-order valence-corrected chi connectivity index (χ3v) is 4.45. The number of hydrogen-bond donors (Lipinski definition) is 1. The third kappa shape index (κ3) is 3.02. The highest BCUT2D eigenvalue weighted by Gasteiger charge is 2.23. The van der Waals surface area contributed by atoms with Gasteiger partial charge in [-0.25, -0.2) is 0 Å². The molecule has 1 N–H and O–H groups in total. The fourth-order valence-corrected chi connectivity index (χ4v) is 2.28. The minimum absolute atomic E-state index is 0.0272. The number of benzene rings is 1. The molecule has 2 rings (SSSR count). The fourth-order valence-electron chi connectivity index (χ4n) is 2.21. The standard InChI is InChI=1S/C15H22ClN/c1-11(16)15(2,3)17-10-12-7-8-13-5-4-6-14(13)9-12/h7-9,11,17H,4-6,10H2,1-3H3. The van der Waals surface area contributed by atoms with Gasteiger partial charge in [-0.1, -0.05) is 18.2 Å². The van der Waals surface area contributed by atoms with Crippen LogP contribution in [0.3, 0.4) is 0 Å². The van der Waals surface area contributed by atoms with Gasteiger partial charge in [-0.3, -0.25) is 0 Å². The Morgan fingerprint density at radius 1 is 1.29 bits per heavy atom. The number of halogens is 1. The molecule has 0 amide bonds. The molecule has 0 radical (unpaired) electrons. The molecule has 0 aromatic heterocycles. The second kappa shape index (κ2) is 4.99. The van der Waals surface area contributed by atoms with Crippen molar-refractivity contribution in [2.75, 3.05) is 0 Å². The van der Waals surface area contributed by atoms with Crippen LogP contribution in [0.1, 0.15) is 43.9 Å². The van der Waals surface area contributed by atoms with Crippen LogP contribution in [0.4, 0.5) is 0 Å². The first-order chi connectivity index (χ1) is 7.99. The Kier molecular flexibility index (Phi) is 3.79. The van der Waals surface area contributed by atoms with Crippen molar-refractivity contribution >= 4 is 11.6 Å². The van der Waals surface area contributed by atoms with Crippen LogP contribution in [0.2, 0.25) is 0 Å². The molecule has 0 aliphatic heterocycles. The lowest BCUT2D eigenvalue weighted by Crippen LogP contribution is -2.45.